The van der Waals surface area contributed by atoms with Gasteiger partial charge in [-0.1, -0.05) is 12.1 Å². The van der Waals surface area contributed by atoms with E-state index in [1.165, 1.54) is 12.1 Å². The van der Waals surface area contributed by atoms with Gasteiger partial charge in [-0.3, -0.25) is 4.79 Å². The van der Waals surface area contributed by atoms with Crippen molar-refractivity contribution in [2.24, 2.45) is 11.1 Å². The van der Waals surface area contributed by atoms with Crippen molar-refractivity contribution >= 4 is 15.9 Å². The molecule has 0 saturated heterocycles. The second-order valence-corrected chi connectivity index (χ2v) is 6.18. The van der Waals surface area contributed by atoms with Gasteiger partial charge in [-0.05, 0) is 37.5 Å². The summed E-state index contributed by atoms with van der Waals surface area (Å²) < 4.78 is 22.2. The molecule has 0 bridgehead atoms. The van der Waals surface area contributed by atoms with Crippen molar-refractivity contribution in [2.75, 3.05) is 0 Å². The normalized spacial score (nSPS) is 17.2. The van der Waals surface area contributed by atoms with Crippen molar-refractivity contribution in [2.45, 2.75) is 30.7 Å². The number of carbonyl (C=O) groups is 1. The molecule has 2 rings (SSSR count). The average molecular weight is 268 g/mol. The van der Waals surface area contributed by atoms with Crippen molar-refractivity contribution in [3.05, 3.63) is 29.8 Å². The second-order valence-electron chi connectivity index (χ2n) is 4.62. The molecule has 0 spiro atoms. The summed E-state index contributed by atoms with van der Waals surface area (Å²) in [6.45, 7) is 1.87. The van der Waals surface area contributed by atoms with Gasteiger partial charge in [0, 0.05) is 5.92 Å². The molecule has 98 valence electrons. The lowest BCUT2D eigenvalue weighted by Gasteiger charge is -2.14. The fraction of sp³-hybridized carbons (Fsp3) is 0.417. The summed E-state index contributed by atoms with van der Waals surface area (Å²) >= 11 is 0. The maximum atomic E-state index is 11.6. The molecule has 6 heteroatoms. The maximum absolute atomic E-state index is 11.6. The number of sulfonamides is 1. The minimum absolute atomic E-state index is 0.0676. The first-order valence-corrected chi connectivity index (χ1v) is 7.35. The lowest BCUT2D eigenvalue weighted by molar-refractivity contribution is -0.122. The highest BCUT2D eigenvalue weighted by atomic mass is 32.2. The zero-order chi connectivity index (χ0) is 13.3. The van der Waals surface area contributed by atoms with Gasteiger partial charge in [0.05, 0.1) is 10.9 Å². The van der Waals surface area contributed by atoms with Gasteiger partial charge in [0.1, 0.15) is 0 Å². The molecule has 3 N–H and O–H groups in total. The lowest BCUT2D eigenvalue weighted by atomic mass is 10.1. The third-order valence-electron chi connectivity index (χ3n) is 3.02. The second kappa shape index (κ2) is 4.70. The first-order chi connectivity index (χ1) is 8.38. The molecule has 0 aromatic heterocycles. The van der Waals surface area contributed by atoms with E-state index < -0.39 is 10.0 Å². The van der Waals surface area contributed by atoms with Crippen LogP contribution in [0.15, 0.2) is 29.2 Å². The van der Waals surface area contributed by atoms with E-state index in [0.717, 1.165) is 18.4 Å². The summed E-state index contributed by atoms with van der Waals surface area (Å²) in [7, 11) is -3.66. The SMILES string of the molecule is CC(NC(=O)C1CC1)c1ccc(S(N)(=O)=O)cc1. The molecule has 1 aromatic carbocycles. The standard InChI is InChI=1S/C12H16N2O3S/c1-8(14-12(15)10-2-3-10)9-4-6-11(7-5-9)18(13,16)17/h4-8,10H,2-3H2,1H3,(H,14,15)(H2,13,16,17). The Bertz CT molecular complexity index is 547. The minimum atomic E-state index is -3.66. The number of hydrogen-bond donors (Lipinski definition) is 2. The fourth-order valence-electron chi connectivity index (χ4n) is 1.71. The van der Waals surface area contributed by atoms with Crippen molar-refractivity contribution in [1.82, 2.24) is 5.32 Å². The number of hydrogen-bond acceptors (Lipinski definition) is 3. The van der Waals surface area contributed by atoms with Crippen molar-refractivity contribution in [3.8, 4) is 0 Å². The maximum Gasteiger partial charge on any atom is 0.238 e. The Hall–Kier alpha value is -1.40. The van der Waals surface area contributed by atoms with Crippen LogP contribution in [0.3, 0.4) is 0 Å². The fourth-order valence-corrected chi connectivity index (χ4v) is 2.22. The van der Waals surface area contributed by atoms with Crippen LogP contribution in [0, 0.1) is 5.92 Å². The molecule has 1 saturated carbocycles. The van der Waals surface area contributed by atoms with E-state index in [4.69, 9.17) is 5.14 Å². The molecule has 18 heavy (non-hydrogen) atoms. The number of primary sulfonamides is 1. The average Bonchev–Trinajstić information content (AvgIpc) is 3.11. The highest BCUT2D eigenvalue weighted by Gasteiger charge is 2.30. The molecule has 5 nitrogen and oxygen atoms in total. The van der Waals surface area contributed by atoms with E-state index in [1.54, 1.807) is 12.1 Å². The molecule has 1 amide bonds. The van der Waals surface area contributed by atoms with Gasteiger partial charge in [0.15, 0.2) is 0 Å². The van der Waals surface area contributed by atoms with E-state index in [1.807, 2.05) is 6.92 Å². The third-order valence-corrected chi connectivity index (χ3v) is 3.94. The van der Waals surface area contributed by atoms with Crippen LogP contribution in [0.25, 0.3) is 0 Å². The van der Waals surface area contributed by atoms with E-state index in [-0.39, 0.29) is 22.8 Å². The topological polar surface area (TPSA) is 89.3 Å². The molecule has 1 aromatic rings. The summed E-state index contributed by atoms with van der Waals surface area (Å²) in [5, 5.41) is 7.91. The molecule has 1 aliphatic rings. The summed E-state index contributed by atoms with van der Waals surface area (Å²) in [5.74, 6) is 0.231. The first kappa shape index (κ1) is 13.0. The zero-order valence-corrected chi connectivity index (χ0v) is 10.9. The lowest BCUT2D eigenvalue weighted by Crippen LogP contribution is -2.27. The van der Waals surface area contributed by atoms with E-state index in [9.17, 15) is 13.2 Å². The summed E-state index contributed by atoms with van der Waals surface area (Å²) in [4.78, 5) is 11.7. The third kappa shape index (κ3) is 3.08. The molecule has 1 unspecified atom stereocenters. The highest BCUT2D eigenvalue weighted by molar-refractivity contribution is 7.89. The van der Waals surface area contributed by atoms with Crippen LogP contribution in [-0.2, 0) is 14.8 Å². The monoisotopic (exact) mass is 268 g/mol. The smallest absolute Gasteiger partial charge is 0.238 e. The zero-order valence-electron chi connectivity index (χ0n) is 10.1. The van der Waals surface area contributed by atoms with Crippen molar-refractivity contribution in [3.63, 3.8) is 0 Å². The first-order valence-electron chi connectivity index (χ1n) is 5.81. The van der Waals surface area contributed by atoms with Crippen LogP contribution in [0.2, 0.25) is 0 Å². The molecule has 1 aliphatic carbocycles. The van der Waals surface area contributed by atoms with Gasteiger partial charge < -0.3 is 5.32 Å². The predicted molar refractivity (Wildman–Crippen MR) is 67.1 cm³/mol. The van der Waals surface area contributed by atoms with Crippen molar-refractivity contribution < 1.29 is 13.2 Å². The predicted octanol–water partition coefficient (Wildman–Crippen LogP) is 0.921. The van der Waals surface area contributed by atoms with Gasteiger partial charge in [-0.25, -0.2) is 13.6 Å². The Morgan fingerprint density at radius 2 is 1.89 bits per heavy atom. The molecule has 1 atom stereocenters. The van der Waals surface area contributed by atoms with Crippen LogP contribution in [-0.4, -0.2) is 14.3 Å². The number of rotatable bonds is 4. The molecule has 0 aliphatic heterocycles. The Balaban J connectivity index is 2.06. The number of benzene rings is 1. The van der Waals surface area contributed by atoms with Crippen LogP contribution in [0.1, 0.15) is 31.4 Å². The number of nitrogens with one attached hydrogen (secondary N) is 1. The Labute approximate surface area is 106 Å². The summed E-state index contributed by atoms with van der Waals surface area (Å²) in [5.41, 5.74) is 0.858. The molecule has 0 heterocycles. The van der Waals surface area contributed by atoms with Gasteiger partial charge in [-0.15, -0.1) is 0 Å². The van der Waals surface area contributed by atoms with Crippen molar-refractivity contribution in [1.29, 1.82) is 0 Å². The molecular weight excluding hydrogens is 252 g/mol. The summed E-state index contributed by atoms with van der Waals surface area (Å²) in [6.07, 6.45) is 1.92. The Morgan fingerprint density at radius 3 is 2.33 bits per heavy atom. The molecule has 0 radical (unpaired) electrons. The van der Waals surface area contributed by atoms with Gasteiger partial charge in [0.25, 0.3) is 0 Å². The van der Waals surface area contributed by atoms with Gasteiger partial charge in [0.2, 0.25) is 15.9 Å². The van der Waals surface area contributed by atoms with E-state index in [0.29, 0.717) is 0 Å². The van der Waals surface area contributed by atoms with Crippen LogP contribution >= 0.6 is 0 Å². The van der Waals surface area contributed by atoms with Crippen LogP contribution in [0.4, 0.5) is 0 Å². The number of amides is 1. The van der Waals surface area contributed by atoms with Crippen LogP contribution in [0.5, 0.6) is 0 Å². The molecular formula is C12H16N2O3S. The van der Waals surface area contributed by atoms with E-state index in [2.05, 4.69) is 5.32 Å². The van der Waals surface area contributed by atoms with Crippen LogP contribution < -0.4 is 10.5 Å². The number of carbonyl (C=O) groups excluding carboxylic acids is 1. The van der Waals surface area contributed by atoms with E-state index >= 15 is 0 Å². The van der Waals surface area contributed by atoms with Gasteiger partial charge in [-0.2, -0.15) is 0 Å². The minimum Gasteiger partial charge on any atom is -0.349 e. The largest absolute Gasteiger partial charge is 0.349 e. The quantitative estimate of drug-likeness (QED) is 0.851. The Kier molecular flexibility index (Phi) is 3.41. The number of nitrogens with two attached hydrogens (primary N) is 1. The highest BCUT2D eigenvalue weighted by Crippen LogP contribution is 2.29. The molecule has 1 fully saturated rings. The summed E-state index contributed by atoms with van der Waals surface area (Å²) in [6, 6.07) is 6.09. The van der Waals surface area contributed by atoms with Gasteiger partial charge >= 0.3 is 0 Å². The Morgan fingerprint density at radius 1 is 1.33 bits per heavy atom.